The molecule has 2 heterocycles. The molecule has 0 aliphatic carbocycles. The van der Waals surface area contributed by atoms with Crippen molar-refractivity contribution in [3.05, 3.63) is 47.0 Å². The Labute approximate surface area is 183 Å². The van der Waals surface area contributed by atoms with Crippen LogP contribution in [0.4, 0.5) is 5.82 Å². The summed E-state index contributed by atoms with van der Waals surface area (Å²) in [7, 11) is -1.82. The summed E-state index contributed by atoms with van der Waals surface area (Å²) in [6, 6.07) is 5.42. The summed E-state index contributed by atoms with van der Waals surface area (Å²) in [5.41, 5.74) is 1.35. The summed E-state index contributed by atoms with van der Waals surface area (Å²) in [6.07, 6.45) is 5.28. The third kappa shape index (κ3) is 5.39. The van der Waals surface area contributed by atoms with Gasteiger partial charge in [-0.3, -0.25) is 4.79 Å². The van der Waals surface area contributed by atoms with E-state index in [1.165, 1.54) is 0 Å². The number of benzene rings is 1. The minimum Gasteiger partial charge on any atom is -0.359 e. The molecule has 0 spiro atoms. The molecule has 0 aliphatic rings. The second-order valence-electron chi connectivity index (χ2n) is 6.62. The van der Waals surface area contributed by atoms with Crippen molar-refractivity contribution in [2.45, 2.75) is 6.42 Å². The zero-order chi connectivity index (χ0) is 21.9. The van der Waals surface area contributed by atoms with Gasteiger partial charge in [-0.2, -0.15) is 0 Å². The smallest absolute Gasteiger partial charge is 0.221 e. The van der Waals surface area contributed by atoms with E-state index in [-0.39, 0.29) is 24.6 Å². The Morgan fingerprint density at radius 2 is 2.10 bits per heavy atom. The number of sulfonamides is 1. The molecule has 0 unspecified atom stereocenters. The Morgan fingerprint density at radius 3 is 2.77 bits per heavy atom. The summed E-state index contributed by atoms with van der Waals surface area (Å²) >= 11 is 12.6. The molecule has 1 aromatic carbocycles. The number of amides is 1. The molecule has 30 heavy (non-hydrogen) atoms. The first-order valence-electron chi connectivity index (χ1n) is 8.91. The maximum Gasteiger partial charge on any atom is 0.221 e. The number of carbonyl (C=O) groups excluding carboxylic acids is 1. The van der Waals surface area contributed by atoms with Gasteiger partial charge in [-0.05, 0) is 12.1 Å². The number of carbonyl (C=O) groups is 1. The Balaban J connectivity index is 1.81. The highest BCUT2D eigenvalue weighted by atomic mass is 35.5. The molecule has 3 aromatic rings. The third-order valence-corrected chi connectivity index (χ3v) is 5.96. The molecule has 0 atom stereocenters. The van der Waals surface area contributed by atoms with Crippen molar-refractivity contribution in [2.24, 2.45) is 5.14 Å². The molecule has 3 rings (SSSR count). The van der Waals surface area contributed by atoms with Crippen LogP contribution < -0.4 is 15.4 Å². The zero-order valence-electron chi connectivity index (χ0n) is 16.0. The molecule has 9 nitrogen and oxygen atoms in total. The Bertz CT molecular complexity index is 1170. The Hall–Kier alpha value is -2.40. The molecule has 0 aliphatic heterocycles. The van der Waals surface area contributed by atoms with Crippen LogP contribution >= 0.6 is 23.2 Å². The lowest BCUT2D eigenvalue weighted by atomic mass is 10.1. The summed E-state index contributed by atoms with van der Waals surface area (Å²) in [4.78, 5) is 22.5. The lowest BCUT2D eigenvalue weighted by molar-refractivity contribution is -0.120. The van der Waals surface area contributed by atoms with Crippen LogP contribution in [0, 0.1) is 0 Å². The Kier molecular flexibility index (Phi) is 6.81. The van der Waals surface area contributed by atoms with Gasteiger partial charge in [-0.25, -0.2) is 23.5 Å². The minimum absolute atomic E-state index is 0.0332. The largest absolute Gasteiger partial charge is 0.359 e. The van der Waals surface area contributed by atoms with Crippen LogP contribution in [0.25, 0.3) is 16.6 Å². The van der Waals surface area contributed by atoms with Gasteiger partial charge in [0, 0.05) is 50.4 Å². The molecule has 2 aromatic heterocycles. The van der Waals surface area contributed by atoms with Crippen LogP contribution in [0.2, 0.25) is 10.0 Å². The third-order valence-electron chi connectivity index (χ3n) is 4.39. The van der Waals surface area contributed by atoms with E-state index in [1.807, 2.05) is 16.7 Å². The van der Waals surface area contributed by atoms with Gasteiger partial charge in [0.1, 0.15) is 5.82 Å². The molecule has 1 amide bonds. The highest BCUT2D eigenvalue weighted by Gasteiger charge is 2.15. The topological polar surface area (TPSA) is 123 Å². The normalized spacial score (nSPS) is 11.6. The second kappa shape index (κ2) is 9.17. The van der Waals surface area contributed by atoms with Crippen molar-refractivity contribution in [3.8, 4) is 5.69 Å². The number of nitrogens with two attached hydrogens (primary N) is 1. The second-order valence-corrected chi connectivity index (χ2v) is 9.13. The highest BCUT2D eigenvalue weighted by molar-refractivity contribution is 7.89. The van der Waals surface area contributed by atoms with E-state index in [9.17, 15) is 13.2 Å². The first-order chi connectivity index (χ1) is 14.2. The fourth-order valence-corrected chi connectivity index (χ4v) is 3.56. The first-order valence-corrected chi connectivity index (χ1v) is 11.4. The lowest BCUT2D eigenvalue weighted by Gasteiger charge is -2.20. The number of rotatable bonds is 8. The average Bonchev–Trinajstić information content (AvgIpc) is 3.22. The molecular formula is C18H20Cl2N6O3S. The number of nitrogens with one attached hydrogen (secondary N) is 1. The predicted molar refractivity (Wildman–Crippen MR) is 118 cm³/mol. The van der Waals surface area contributed by atoms with Crippen molar-refractivity contribution >= 4 is 55.9 Å². The van der Waals surface area contributed by atoms with E-state index < -0.39 is 10.0 Å². The fraction of sp³-hybridized carbons (Fsp3) is 0.278. The number of hydrogen-bond acceptors (Lipinski definition) is 6. The van der Waals surface area contributed by atoms with Crippen LogP contribution in [-0.2, 0) is 14.8 Å². The monoisotopic (exact) mass is 470 g/mol. The number of aromatic nitrogens is 3. The summed E-state index contributed by atoms with van der Waals surface area (Å²) in [5.74, 6) is -0.0103. The van der Waals surface area contributed by atoms with E-state index >= 15 is 0 Å². The van der Waals surface area contributed by atoms with E-state index in [0.29, 0.717) is 27.9 Å². The van der Waals surface area contributed by atoms with Gasteiger partial charge in [0.05, 0.1) is 33.3 Å². The molecule has 0 fully saturated rings. The van der Waals surface area contributed by atoms with Gasteiger partial charge in [-0.15, -0.1) is 0 Å². The summed E-state index contributed by atoms with van der Waals surface area (Å²) < 4.78 is 23.7. The average molecular weight is 471 g/mol. The number of imidazole rings is 1. The molecule has 160 valence electrons. The van der Waals surface area contributed by atoms with Crippen LogP contribution in [0.15, 0.2) is 36.9 Å². The predicted octanol–water partition coefficient (Wildman–Crippen LogP) is 1.96. The van der Waals surface area contributed by atoms with Gasteiger partial charge < -0.3 is 14.8 Å². The van der Waals surface area contributed by atoms with E-state index in [2.05, 4.69) is 15.3 Å². The molecular weight excluding hydrogens is 451 g/mol. The number of halogens is 2. The number of fused-ring (bicyclic) bond motifs is 1. The highest BCUT2D eigenvalue weighted by Crippen LogP contribution is 2.34. The molecule has 0 saturated heterocycles. The number of nitrogens with zero attached hydrogens (tertiary/aromatic N) is 4. The molecule has 0 radical (unpaired) electrons. The molecule has 3 N–H and O–H groups in total. The fourth-order valence-electron chi connectivity index (χ4n) is 2.82. The zero-order valence-corrected chi connectivity index (χ0v) is 18.4. The van der Waals surface area contributed by atoms with Crippen molar-refractivity contribution < 1.29 is 13.2 Å². The summed E-state index contributed by atoms with van der Waals surface area (Å²) in [5, 5.41) is 8.99. The minimum atomic E-state index is -3.61. The Morgan fingerprint density at radius 1 is 1.33 bits per heavy atom. The number of primary sulfonamides is 1. The van der Waals surface area contributed by atoms with Gasteiger partial charge in [0.2, 0.25) is 15.9 Å². The number of hydrogen-bond donors (Lipinski definition) is 2. The van der Waals surface area contributed by atoms with Crippen LogP contribution in [0.5, 0.6) is 0 Å². The van der Waals surface area contributed by atoms with Crippen LogP contribution in [0.1, 0.15) is 6.42 Å². The SMILES string of the molecule is CN(CCC(=O)NCCS(N)(=O)=O)c1cc(-n2ccnc2)c2ccc(Cl)c(Cl)c2n1. The molecule has 0 bridgehead atoms. The van der Waals surface area contributed by atoms with E-state index in [4.69, 9.17) is 28.3 Å². The maximum absolute atomic E-state index is 12.0. The van der Waals surface area contributed by atoms with Gasteiger partial charge in [-0.1, -0.05) is 23.2 Å². The number of pyridine rings is 1. The van der Waals surface area contributed by atoms with Crippen molar-refractivity contribution in [2.75, 3.05) is 30.8 Å². The van der Waals surface area contributed by atoms with Gasteiger partial charge in [0.15, 0.2) is 0 Å². The van der Waals surface area contributed by atoms with Crippen LogP contribution in [-0.4, -0.2) is 54.8 Å². The quantitative estimate of drug-likeness (QED) is 0.518. The first kappa shape index (κ1) is 22.3. The van der Waals surface area contributed by atoms with Gasteiger partial charge >= 0.3 is 0 Å². The molecule has 12 heteroatoms. The summed E-state index contributed by atoms with van der Waals surface area (Å²) in [6.45, 7) is 0.315. The van der Waals surface area contributed by atoms with E-state index in [1.54, 1.807) is 36.7 Å². The van der Waals surface area contributed by atoms with Crippen molar-refractivity contribution in [3.63, 3.8) is 0 Å². The van der Waals surface area contributed by atoms with Crippen molar-refractivity contribution in [1.82, 2.24) is 19.9 Å². The standard InChI is InChI=1S/C18H20Cl2N6O3S/c1-25(7-4-16(27)23-6-9-30(21,28)29)15-10-14(26-8-5-22-11-26)12-2-3-13(19)17(20)18(12)24-15/h2-3,5,8,10-11H,4,6-7,9H2,1H3,(H,23,27)(H2,21,28,29). The maximum atomic E-state index is 12.0. The van der Waals surface area contributed by atoms with Crippen LogP contribution in [0.3, 0.4) is 0 Å². The number of anilines is 1. The molecule has 0 saturated carbocycles. The lowest BCUT2D eigenvalue weighted by Crippen LogP contribution is -2.33. The van der Waals surface area contributed by atoms with Crippen molar-refractivity contribution in [1.29, 1.82) is 0 Å². The van der Waals surface area contributed by atoms with E-state index in [0.717, 1.165) is 11.1 Å². The van der Waals surface area contributed by atoms with Gasteiger partial charge in [0.25, 0.3) is 0 Å².